The molecule has 1 N–H and O–H groups in total. The van der Waals surface area contributed by atoms with Gasteiger partial charge in [-0.05, 0) is 12.5 Å². The number of rotatable bonds is 3. The van der Waals surface area contributed by atoms with Gasteiger partial charge < -0.3 is 5.11 Å². The van der Waals surface area contributed by atoms with Crippen LogP contribution in [0.2, 0.25) is 5.02 Å². The van der Waals surface area contributed by atoms with Gasteiger partial charge in [0.2, 0.25) is 0 Å². The first-order chi connectivity index (χ1) is 7.77. The average molecular weight is 268 g/mol. The fourth-order valence-corrected chi connectivity index (χ4v) is 1.81. The van der Waals surface area contributed by atoms with E-state index in [0.29, 0.717) is 6.42 Å². The van der Waals surface area contributed by atoms with E-state index in [4.69, 9.17) is 11.6 Å². The first kappa shape index (κ1) is 14.3. The molecular formula is C11H13ClF3NO. The Bertz CT molecular complexity index is 395. The van der Waals surface area contributed by atoms with Crippen LogP contribution in [0.3, 0.4) is 0 Å². The van der Waals surface area contributed by atoms with Gasteiger partial charge >= 0.3 is 6.18 Å². The van der Waals surface area contributed by atoms with Gasteiger partial charge in [0.1, 0.15) is 0 Å². The van der Waals surface area contributed by atoms with Gasteiger partial charge in [-0.15, -0.1) is 0 Å². The van der Waals surface area contributed by atoms with E-state index in [2.05, 4.69) is 4.98 Å². The molecule has 0 aromatic carbocycles. The van der Waals surface area contributed by atoms with Crippen molar-refractivity contribution >= 4 is 11.6 Å². The quantitative estimate of drug-likeness (QED) is 0.907. The molecule has 0 amide bonds. The summed E-state index contributed by atoms with van der Waals surface area (Å²) in [5.41, 5.74) is -0.599. The number of hydrogen-bond acceptors (Lipinski definition) is 2. The average Bonchev–Trinajstić information content (AvgIpc) is 2.25. The van der Waals surface area contributed by atoms with Crippen molar-refractivity contribution < 1.29 is 18.3 Å². The van der Waals surface area contributed by atoms with Gasteiger partial charge in [-0.1, -0.05) is 25.4 Å². The molecule has 2 nitrogen and oxygen atoms in total. The zero-order valence-corrected chi connectivity index (χ0v) is 10.2. The Morgan fingerprint density at radius 3 is 2.47 bits per heavy atom. The van der Waals surface area contributed by atoms with Crippen LogP contribution in [0.5, 0.6) is 0 Å². The van der Waals surface area contributed by atoms with Gasteiger partial charge in [-0.25, -0.2) is 0 Å². The zero-order chi connectivity index (χ0) is 13.2. The highest BCUT2D eigenvalue weighted by Crippen LogP contribution is 2.33. The van der Waals surface area contributed by atoms with Crippen LogP contribution in [-0.4, -0.2) is 16.2 Å². The molecule has 0 radical (unpaired) electrons. The van der Waals surface area contributed by atoms with Crippen molar-refractivity contribution in [1.29, 1.82) is 0 Å². The first-order valence-corrected chi connectivity index (χ1v) is 5.55. The Morgan fingerprint density at radius 1 is 1.47 bits per heavy atom. The van der Waals surface area contributed by atoms with Gasteiger partial charge in [-0.3, -0.25) is 4.98 Å². The number of pyridine rings is 1. The lowest BCUT2D eigenvalue weighted by Crippen LogP contribution is -2.17. The van der Waals surface area contributed by atoms with Gasteiger partial charge in [-0.2, -0.15) is 13.2 Å². The van der Waals surface area contributed by atoms with Gasteiger partial charge in [0.15, 0.2) is 0 Å². The molecule has 0 fully saturated rings. The predicted octanol–water partition coefficient (Wildman–Crippen LogP) is 3.63. The second-order valence-corrected chi connectivity index (χ2v) is 4.26. The maximum Gasteiger partial charge on any atom is 0.417 e. The summed E-state index contributed by atoms with van der Waals surface area (Å²) in [7, 11) is 0. The minimum atomic E-state index is -4.46. The van der Waals surface area contributed by atoms with E-state index in [0.717, 1.165) is 12.3 Å². The fraction of sp³-hybridized carbons (Fsp3) is 0.545. The maximum absolute atomic E-state index is 12.4. The molecule has 1 aromatic heterocycles. The molecule has 2 atom stereocenters. The summed E-state index contributed by atoms with van der Waals surface area (Å²) in [6, 6.07) is 0.836. The summed E-state index contributed by atoms with van der Waals surface area (Å²) >= 11 is 5.76. The molecule has 1 rings (SSSR count). The Labute approximate surface area is 102 Å². The molecule has 0 aliphatic heterocycles. The molecule has 2 unspecified atom stereocenters. The maximum atomic E-state index is 12.4. The molecule has 6 heteroatoms. The number of alkyl halides is 3. The Hall–Kier alpha value is -0.810. The third-order valence-corrected chi connectivity index (χ3v) is 2.93. The second kappa shape index (κ2) is 5.23. The van der Waals surface area contributed by atoms with Crippen molar-refractivity contribution in [1.82, 2.24) is 4.98 Å². The van der Waals surface area contributed by atoms with Crippen LogP contribution >= 0.6 is 11.6 Å². The highest BCUT2D eigenvalue weighted by molar-refractivity contribution is 6.31. The summed E-state index contributed by atoms with van der Waals surface area (Å²) in [4.78, 5) is 3.70. The van der Waals surface area contributed by atoms with Crippen LogP contribution in [-0.2, 0) is 6.18 Å². The van der Waals surface area contributed by atoms with E-state index in [1.54, 1.807) is 13.8 Å². The highest BCUT2D eigenvalue weighted by Gasteiger charge is 2.32. The minimum absolute atomic E-state index is 0.0696. The smallest absolute Gasteiger partial charge is 0.392 e. The molecular weight excluding hydrogens is 255 g/mol. The van der Waals surface area contributed by atoms with Crippen molar-refractivity contribution in [2.45, 2.75) is 38.5 Å². The highest BCUT2D eigenvalue weighted by atomic mass is 35.5. The second-order valence-electron chi connectivity index (χ2n) is 3.85. The number of hydrogen-bond donors (Lipinski definition) is 1. The van der Waals surface area contributed by atoms with Crippen LogP contribution in [0.4, 0.5) is 13.2 Å². The molecule has 96 valence electrons. The first-order valence-electron chi connectivity index (χ1n) is 5.18. The van der Waals surface area contributed by atoms with Crippen LogP contribution < -0.4 is 0 Å². The Balaban J connectivity index is 3.06. The molecule has 17 heavy (non-hydrogen) atoms. The van der Waals surface area contributed by atoms with Crippen molar-refractivity contribution in [3.8, 4) is 0 Å². The lowest BCUT2D eigenvalue weighted by Gasteiger charge is -2.18. The van der Waals surface area contributed by atoms with Gasteiger partial charge in [0.25, 0.3) is 0 Å². The van der Waals surface area contributed by atoms with Crippen molar-refractivity contribution in [3.63, 3.8) is 0 Å². The molecule has 1 heterocycles. The number of halogens is 4. The van der Waals surface area contributed by atoms with Crippen LogP contribution in [0.15, 0.2) is 12.3 Å². The molecule has 0 saturated carbocycles. The summed E-state index contributed by atoms with van der Waals surface area (Å²) in [6.07, 6.45) is -3.90. The van der Waals surface area contributed by atoms with Crippen LogP contribution in [0, 0.1) is 0 Å². The summed E-state index contributed by atoms with van der Waals surface area (Å²) in [5.74, 6) is -0.394. The van der Waals surface area contributed by atoms with Crippen molar-refractivity contribution in [2.24, 2.45) is 0 Å². The van der Waals surface area contributed by atoms with Gasteiger partial charge in [0.05, 0.1) is 22.4 Å². The fourth-order valence-electron chi connectivity index (χ4n) is 1.47. The van der Waals surface area contributed by atoms with Crippen LogP contribution in [0.1, 0.15) is 37.4 Å². The van der Waals surface area contributed by atoms with Crippen LogP contribution in [0.25, 0.3) is 0 Å². The summed E-state index contributed by atoms with van der Waals surface area (Å²) in [6.45, 7) is 3.45. The number of aromatic nitrogens is 1. The molecule has 0 bridgehead atoms. The lowest BCUT2D eigenvalue weighted by atomic mass is 9.98. The number of aliphatic hydroxyl groups excluding tert-OH is 1. The summed E-state index contributed by atoms with van der Waals surface area (Å²) < 4.78 is 37.1. The monoisotopic (exact) mass is 267 g/mol. The molecule has 0 aliphatic rings. The summed E-state index contributed by atoms with van der Waals surface area (Å²) in [5, 5.41) is 9.54. The molecule has 1 aromatic rings. The van der Waals surface area contributed by atoms with E-state index >= 15 is 0 Å². The number of aliphatic hydroxyl groups is 1. The predicted molar refractivity (Wildman–Crippen MR) is 59.0 cm³/mol. The zero-order valence-electron chi connectivity index (χ0n) is 9.42. The standard InChI is InChI=1S/C11H13ClF3NO/c1-3-9(17)6(2)10-8(12)4-7(5-16-10)11(13,14)15/h4-6,9,17H,3H2,1-2H3. The van der Waals surface area contributed by atoms with Gasteiger partial charge in [0, 0.05) is 12.1 Å². The Morgan fingerprint density at radius 2 is 2.06 bits per heavy atom. The molecule has 0 spiro atoms. The van der Waals surface area contributed by atoms with Crippen molar-refractivity contribution in [3.05, 3.63) is 28.5 Å². The molecule has 0 saturated heterocycles. The number of nitrogens with zero attached hydrogens (tertiary/aromatic N) is 1. The normalized spacial score (nSPS) is 15.7. The lowest BCUT2D eigenvalue weighted by molar-refractivity contribution is -0.137. The largest absolute Gasteiger partial charge is 0.417 e. The van der Waals surface area contributed by atoms with E-state index in [1.807, 2.05) is 0 Å². The van der Waals surface area contributed by atoms with E-state index in [1.165, 1.54) is 0 Å². The third kappa shape index (κ3) is 3.33. The van der Waals surface area contributed by atoms with E-state index in [-0.39, 0.29) is 10.7 Å². The van der Waals surface area contributed by atoms with E-state index < -0.39 is 23.8 Å². The Kier molecular flexibility index (Phi) is 4.38. The van der Waals surface area contributed by atoms with Crippen molar-refractivity contribution in [2.75, 3.05) is 0 Å². The SMILES string of the molecule is CCC(O)C(C)c1ncc(C(F)(F)F)cc1Cl. The topological polar surface area (TPSA) is 33.1 Å². The van der Waals surface area contributed by atoms with E-state index in [9.17, 15) is 18.3 Å². The third-order valence-electron chi connectivity index (χ3n) is 2.62. The minimum Gasteiger partial charge on any atom is -0.392 e. The molecule has 0 aliphatic carbocycles.